The number of amides is 1. The molecule has 0 aliphatic heterocycles. The number of methoxy groups -OCH3 is 1. The van der Waals surface area contributed by atoms with Crippen molar-refractivity contribution in [2.45, 2.75) is 39.5 Å². The van der Waals surface area contributed by atoms with Gasteiger partial charge in [-0.25, -0.2) is 18.1 Å². The molecule has 3 aromatic rings. The Hall–Kier alpha value is -2.58. The third kappa shape index (κ3) is 5.02. The summed E-state index contributed by atoms with van der Waals surface area (Å²) in [6.07, 6.45) is 0.441. The summed E-state index contributed by atoms with van der Waals surface area (Å²) in [4.78, 5) is 20.2. The van der Waals surface area contributed by atoms with Crippen molar-refractivity contribution in [2.75, 3.05) is 12.9 Å². The fourth-order valence-electron chi connectivity index (χ4n) is 3.38. The van der Waals surface area contributed by atoms with Crippen LogP contribution in [0, 0.1) is 0 Å². The Balaban J connectivity index is 2.05. The lowest BCUT2D eigenvalue weighted by Crippen LogP contribution is -2.32. The lowest BCUT2D eigenvalue weighted by Gasteiger charge is -2.19. The molecule has 166 valence electrons. The fraction of sp³-hybridized carbons (Fsp3) is 0.364. The molecule has 0 aliphatic carbocycles. The van der Waals surface area contributed by atoms with E-state index in [9.17, 15) is 13.2 Å². The number of aromatic amines is 1. The second-order valence-corrected chi connectivity index (χ2v) is 10.7. The lowest BCUT2D eigenvalue weighted by molar-refractivity contribution is 0.0976. The van der Waals surface area contributed by atoms with E-state index in [1.165, 1.54) is 13.0 Å². The van der Waals surface area contributed by atoms with E-state index in [2.05, 4.69) is 30.7 Å². The predicted octanol–water partition coefficient (Wildman–Crippen LogP) is 4.19. The first-order chi connectivity index (χ1) is 14.4. The van der Waals surface area contributed by atoms with Crippen LogP contribution < -0.4 is 9.46 Å². The van der Waals surface area contributed by atoms with Crippen LogP contribution in [0.5, 0.6) is 5.75 Å². The molecular formula is C22H26ClN3O4S. The molecule has 0 atom stereocenters. The minimum atomic E-state index is -3.67. The number of carbonyl (C=O) groups excluding carboxylic acids is 1. The number of fused-ring (bicyclic) bond motifs is 1. The number of rotatable bonds is 6. The number of benzene rings is 1. The molecule has 3 rings (SSSR count). The highest BCUT2D eigenvalue weighted by molar-refractivity contribution is 7.90. The minimum Gasteiger partial charge on any atom is -0.495 e. The predicted molar refractivity (Wildman–Crippen MR) is 123 cm³/mol. The molecule has 0 bridgehead atoms. The van der Waals surface area contributed by atoms with Crippen molar-refractivity contribution >= 4 is 38.4 Å². The van der Waals surface area contributed by atoms with Crippen molar-refractivity contribution in [1.29, 1.82) is 0 Å². The number of aromatic nitrogens is 2. The summed E-state index contributed by atoms with van der Waals surface area (Å²) in [5, 5.41) is 1.45. The Morgan fingerprint density at radius 1 is 1.26 bits per heavy atom. The molecule has 0 fully saturated rings. The van der Waals surface area contributed by atoms with Crippen molar-refractivity contribution in [2.24, 2.45) is 0 Å². The van der Waals surface area contributed by atoms with Crippen molar-refractivity contribution in [3.05, 3.63) is 58.0 Å². The molecular weight excluding hydrogens is 438 g/mol. The summed E-state index contributed by atoms with van der Waals surface area (Å²) in [6, 6.07) is 8.72. The molecule has 2 aromatic heterocycles. The van der Waals surface area contributed by atoms with Crippen molar-refractivity contribution < 1.29 is 17.9 Å². The van der Waals surface area contributed by atoms with Crippen LogP contribution in [-0.4, -0.2) is 37.2 Å². The Kier molecular flexibility index (Phi) is 6.34. The molecule has 0 spiro atoms. The molecule has 2 N–H and O–H groups in total. The van der Waals surface area contributed by atoms with Crippen molar-refractivity contribution in [1.82, 2.24) is 14.7 Å². The molecule has 1 aromatic carbocycles. The van der Waals surface area contributed by atoms with Crippen LogP contribution in [0.4, 0.5) is 0 Å². The van der Waals surface area contributed by atoms with Gasteiger partial charge in [-0.3, -0.25) is 4.79 Å². The Morgan fingerprint density at radius 2 is 1.97 bits per heavy atom. The number of H-pyrrole nitrogens is 1. The number of ether oxygens (including phenoxy) is 1. The van der Waals surface area contributed by atoms with E-state index in [0.29, 0.717) is 22.9 Å². The largest absolute Gasteiger partial charge is 0.495 e. The molecule has 0 aliphatic rings. The van der Waals surface area contributed by atoms with Crippen molar-refractivity contribution in [3.8, 4) is 5.75 Å². The second-order valence-electron chi connectivity index (χ2n) is 8.29. The van der Waals surface area contributed by atoms with Gasteiger partial charge in [-0.2, -0.15) is 0 Å². The van der Waals surface area contributed by atoms with Crippen molar-refractivity contribution in [3.63, 3.8) is 0 Å². The van der Waals surface area contributed by atoms with Gasteiger partial charge in [0.2, 0.25) is 10.0 Å². The highest BCUT2D eigenvalue weighted by Crippen LogP contribution is 2.37. The Labute approximate surface area is 187 Å². The number of nitrogens with one attached hydrogen (secondary N) is 2. The van der Waals surface area contributed by atoms with E-state index >= 15 is 0 Å². The molecule has 0 saturated carbocycles. The normalized spacial score (nSPS) is 12.2. The summed E-state index contributed by atoms with van der Waals surface area (Å²) < 4.78 is 30.8. The van der Waals surface area contributed by atoms with Crippen LogP contribution in [0.1, 0.15) is 55.1 Å². The van der Waals surface area contributed by atoms with Gasteiger partial charge in [-0.1, -0.05) is 38.4 Å². The highest BCUT2D eigenvalue weighted by Gasteiger charge is 2.24. The number of sulfonamides is 1. The third-order valence-electron chi connectivity index (χ3n) is 4.95. The monoisotopic (exact) mass is 463 g/mol. The zero-order valence-corrected chi connectivity index (χ0v) is 19.7. The van der Waals surface area contributed by atoms with E-state index < -0.39 is 15.9 Å². The zero-order valence-electron chi connectivity index (χ0n) is 18.2. The Bertz CT molecular complexity index is 1240. The maximum Gasteiger partial charge on any atom is 0.283 e. The number of nitrogens with zero attached hydrogens (tertiary/aromatic N) is 1. The summed E-state index contributed by atoms with van der Waals surface area (Å²) >= 11 is 6.38. The summed E-state index contributed by atoms with van der Waals surface area (Å²) in [7, 11) is -2.10. The topological polar surface area (TPSA) is 101 Å². The SMILES string of the molecule is CCS(=O)(=O)NC(=O)c1cccc(Cc2c(C(C)(C)C)[nH]c3cc(OC)c(Cl)cc23)n1. The molecule has 0 radical (unpaired) electrons. The molecule has 0 saturated heterocycles. The molecule has 31 heavy (non-hydrogen) atoms. The third-order valence-corrected chi connectivity index (χ3v) is 6.51. The van der Waals surface area contributed by atoms with Gasteiger partial charge in [0.25, 0.3) is 5.91 Å². The number of halogens is 1. The van der Waals surface area contributed by atoms with Gasteiger partial charge < -0.3 is 9.72 Å². The van der Waals surface area contributed by atoms with E-state index in [4.69, 9.17) is 16.3 Å². The van der Waals surface area contributed by atoms with Gasteiger partial charge in [-0.15, -0.1) is 0 Å². The van der Waals surface area contributed by atoms with Gasteiger partial charge in [-0.05, 0) is 30.7 Å². The lowest BCUT2D eigenvalue weighted by atomic mass is 9.87. The molecule has 1 amide bonds. The van der Waals surface area contributed by atoms with Gasteiger partial charge in [0.1, 0.15) is 11.4 Å². The van der Waals surface area contributed by atoms with Crippen LogP contribution in [0.2, 0.25) is 5.02 Å². The smallest absolute Gasteiger partial charge is 0.283 e. The number of hydrogen-bond donors (Lipinski definition) is 2. The number of hydrogen-bond acceptors (Lipinski definition) is 5. The van der Waals surface area contributed by atoms with E-state index in [1.807, 2.05) is 22.9 Å². The standard InChI is InChI=1S/C22H26ClN3O4S/c1-6-31(28,29)26-21(27)17-9-7-8-13(24-17)10-15-14-11-16(23)19(30-5)12-18(14)25-20(15)22(2,3)4/h7-9,11-12,25H,6,10H2,1-5H3,(H,26,27). The van der Waals surface area contributed by atoms with E-state index in [1.54, 1.807) is 13.2 Å². The summed E-state index contributed by atoms with van der Waals surface area (Å²) in [6.45, 7) is 7.78. The molecule has 7 nitrogen and oxygen atoms in total. The maximum absolute atomic E-state index is 12.3. The summed E-state index contributed by atoms with van der Waals surface area (Å²) in [5.74, 6) is -0.352. The summed E-state index contributed by atoms with van der Waals surface area (Å²) in [5.41, 5.74) is 3.43. The molecule has 2 heterocycles. The fourth-order valence-corrected chi connectivity index (χ4v) is 4.15. The second kappa shape index (κ2) is 8.51. The number of pyridine rings is 1. The quantitative estimate of drug-likeness (QED) is 0.570. The first-order valence-corrected chi connectivity index (χ1v) is 11.9. The van der Waals surface area contributed by atoms with Crippen LogP contribution in [-0.2, 0) is 21.9 Å². The van der Waals surface area contributed by atoms with Crippen LogP contribution >= 0.6 is 11.6 Å². The Morgan fingerprint density at radius 3 is 2.58 bits per heavy atom. The zero-order chi connectivity index (χ0) is 23.0. The van der Waals surface area contributed by atoms with Crippen LogP contribution in [0.3, 0.4) is 0 Å². The first-order valence-electron chi connectivity index (χ1n) is 9.84. The maximum atomic E-state index is 12.3. The number of carbonyl (C=O) groups is 1. The van der Waals surface area contributed by atoms with E-state index in [0.717, 1.165) is 22.2 Å². The highest BCUT2D eigenvalue weighted by atomic mass is 35.5. The van der Waals surface area contributed by atoms with Gasteiger partial charge in [0, 0.05) is 40.2 Å². The average molecular weight is 464 g/mol. The average Bonchev–Trinajstić information content (AvgIpc) is 3.05. The molecule has 0 unspecified atom stereocenters. The van der Waals surface area contributed by atoms with Gasteiger partial charge >= 0.3 is 0 Å². The minimum absolute atomic E-state index is 0.0476. The van der Waals surface area contributed by atoms with Gasteiger partial charge in [0.15, 0.2) is 0 Å². The molecule has 9 heteroatoms. The van der Waals surface area contributed by atoms with Crippen LogP contribution in [0.15, 0.2) is 30.3 Å². The first kappa shape index (κ1) is 23.1. The van der Waals surface area contributed by atoms with E-state index in [-0.39, 0.29) is 16.9 Å². The van der Waals surface area contributed by atoms with Gasteiger partial charge in [0.05, 0.1) is 17.9 Å². The van der Waals surface area contributed by atoms with Crippen LogP contribution in [0.25, 0.3) is 10.9 Å².